The molecule has 0 heterocycles. The quantitative estimate of drug-likeness (QED) is 0.0269. The van der Waals surface area contributed by atoms with Gasteiger partial charge in [0.05, 0.1) is 19.8 Å². The minimum absolute atomic E-state index is 0.0883. The van der Waals surface area contributed by atoms with Crippen molar-refractivity contribution in [3.05, 3.63) is 109 Å². The van der Waals surface area contributed by atoms with Gasteiger partial charge in [0.15, 0.2) is 0 Å². The number of hydrogen-bond acceptors (Lipinski definition) is 7. The lowest BCUT2D eigenvalue weighted by atomic mass is 10.1. The van der Waals surface area contributed by atoms with E-state index in [1.165, 1.54) is 32.1 Å². The number of carbonyl (C=O) groups excluding carboxylic acids is 1. The lowest BCUT2D eigenvalue weighted by molar-refractivity contribution is -0.154. The smallest absolute Gasteiger partial charge is 0.457 e. The van der Waals surface area contributed by atoms with Gasteiger partial charge in [-0.15, -0.1) is 0 Å². The molecule has 0 aliphatic rings. The van der Waals surface area contributed by atoms with Crippen molar-refractivity contribution in [1.29, 1.82) is 0 Å². The maximum atomic E-state index is 12.6. The van der Waals surface area contributed by atoms with Crippen molar-refractivity contribution >= 4 is 13.8 Å². The number of esters is 1. The highest BCUT2D eigenvalue weighted by Crippen LogP contribution is 2.43. The second-order valence-corrected chi connectivity index (χ2v) is 16.3. The Morgan fingerprint density at radius 3 is 1.32 bits per heavy atom. The Morgan fingerprint density at radius 2 is 0.883 bits per heavy atom. The highest BCUT2D eigenvalue weighted by atomic mass is 31.2. The number of phosphoric acid groups is 1. The molecule has 0 aromatic heterocycles. The van der Waals surface area contributed by atoms with Crippen LogP contribution >= 0.6 is 7.82 Å². The van der Waals surface area contributed by atoms with E-state index >= 15 is 0 Å². The molecule has 2 atom stereocenters. The topological polar surface area (TPSA) is 117 Å². The fourth-order valence-electron chi connectivity index (χ4n) is 5.84. The molecule has 0 aliphatic heterocycles. The molecule has 3 N–H and O–H groups in total. The van der Waals surface area contributed by atoms with E-state index in [1.807, 2.05) is 0 Å². The minimum atomic E-state index is -4.30. The lowest BCUT2D eigenvalue weighted by Gasteiger charge is -2.20. The summed E-state index contributed by atoms with van der Waals surface area (Å²) in [7, 11) is -4.30. The zero-order chi connectivity index (χ0) is 43.7. The fraction of sp³-hybridized carbons (Fsp3) is 0.627. The van der Waals surface area contributed by atoms with Gasteiger partial charge in [-0.3, -0.25) is 13.8 Å². The third-order valence-corrected chi connectivity index (χ3v) is 10.2. The summed E-state index contributed by atoms with van der Waals surface area (Å²) in [4.78, 5) is 22.6. The van der Waals surface area contributed by atoms with Crippen molar-refractivity contribution in [2.75, 3.05) is 33.0 Å². The van der Waals surface area contributed by atoms with Crippen LogP contribution in [-0.4, -0.2) is 49.9 Å². The molecule has 0 radical (unpaired) electrons. The Labute approximate surface area is 367 Å². The third-order valence-electron chi connectivity index (χ3n) is 9.19. The Bertz CT molecular complexity index is 1280. The summed E-state index contributed by atoms with van der Waals surface area (Å²) in [5.74, 6) is -0.354. The number of nitrogens with two attached hydrogens (primary N) is 1. The maximum absolute atomic E-state index is 12.6. The Hall–Kier alpha value is -2.84. The van der Waals surface area contributed by atoms with Gasteiger partial charge in [0.1, 0.15) is 6.10 Å². The van der Waals surface area contributed by atoms with Crippen molar-refractivity contribution in [3.8, 4) is 0 Å². The van der Waals surface area contributed by atoms with Crippen LogP contribution in [0.25, 0.3) is 0 Å². The molecule has 0 bridgehead atoms. The van der Waals surface area contributed by atoms with Crippen LogP contribution in [0.1, 0.15) is 168 Å². The molecule has 0 saturated heterocycles. The predicted octanol–water partition coefficient (Wildman–Crippen LogP) is 14.4. The summed E-state index contributed by atoms with van der Waals surface area (Å²) in [6, 6.07) is 0. The molecule has 9 heteroatoms. The van der Waals surface area contributed by atoms with Crippen LogP contribution in [0.3, 0.4) is 0 Å². The lowest BCUT2D eigenvalue weighted by Crippen LogP contribution is -2.28. The van der Waals surface area contributed by atoms with Crippen LogP contribution in [-0.2, 0) is 27.9 Å². The maximum Gasteiger partial charge on any atom is 0.472 e. The van der Waals surface area contributed by atoms with Crippen LogP contribution in [0.5, 0.6) is 0 Å². The van der Waals surface area contributed by atoms with Gasteiger partial charge in [-0.05, 0) is 96.3 Å². The summed E-state index contributed by atoms with van der Waals surface area (Å²) in [6.07, 6.45) is 63.9. The van der Waals surface area contributed by atoms with Crippen LogP contribution in [0.15, 0.2) is 109 Å². The SMILES string of the molecule is CC/C=C\C/C=C\C/C=C\C/C=C\C/C=C\CCCCCCCCCC(=O)OC(COCCCCCCC/C=C\C/C=C\C/C=C\C/C=C\CC)COP(=O)(O)OCCN. The molecular weight excluding hydrogens is 770 g/mol. The molecule has 60 heavy (non-hydrogen) atoms. The van der Waals surface area contributed by atoms with Gasteiger partial charge in [0.25, 0.3) is 0 Å². The minimum Gasteiger partial charge on any atom is -0.457 e. The van der Waals surface area contributed by atoms with E-state index in [1.54, 1.807) is 0 Å². The second-order valence-electron chi connectivity index (χ2n) is 14.9. The summed E-state index contributed by atoms with van der Waals surface area (Å²) >= 11 is 0. The number of hydrogen-bond donors (Lipinski definition) is 2. The number of unbranched alkanes of at least 4 members (excludes halogenated alkanes) is 12. The first-order chi connectivity index (χ1) is 29.4. The molecule has 0 aromatic rings. The second kappa shape index (κ2) is 47.2. The largest absolute Gasteiger partial charge is 0.472 e. The van der Waals surface area contributed by atoms with Gasteiger partial charge in [-0.1, -0.05) is 175 Å². The number of rotatable bonds is 43. The highest BCUT2D eigenvalue weighted by molar-refractivity contribution is 7.47. The molecule has 0 amide bonds. The van der Waals surface area contributed by atoms with E-state index in [-0.39, 0.29) is 32.3 Å². The Morgan fingerprint density at radius 1 is 0.500 bits per heavy atom. The van der Waals surface area contributed by atoms with Crippen molar-refractivity contribution in [2.45, 2.75) is 174 Å². The summed E-state index contributed by atoms with van der Waals surface area (Å²) in [6.45, 7) is 4.61. The van der Waals surface area contributed by atoms with Gasteiger partial charge in [0, 0.05) is 19.6 Å². The van der Waals surface area contributed by atoms with Gasteiger partial charge < -0.3 is 20.1 Å². The van der Waals surface area contributed by atoms with Crippen LogP contribution in [0.2, 0.25) is 0 Å². The number of phosphoric ester groups is 1. The fourth-order valence-corrected chi connectivity index (χ4v) is 6.60. The molecular formula is C51H86NO7P. The molecule has 2 unspecified atom stereocenters. The van der Waals surface area contributed by atoms with E-state index in [0.29, 0.717) is 13.0 Å². The zero-order valence-electron chi connectivity index (χ0n) is 37.9. The summed E-state index contributed by atoms with van der Waals surface area (Å²) < 4.78 is 33.5. The monoisotopic (exact) mass is 856 g/mol. The van der Waals surface area contributed by atoms with Gasteiger partial charge in [0.2, 0.25) is 0 Å². The molecule has 0 aliphatic carbocycles. The highest BCUT2D eigenvalue weighted by Gasteiger charge is 2.25. The van der Waals surface area contributed by atoms with Crippen LogP contribution in [0.4, 0.5) is 0 Å². The summed E-state index contributed by atoms with van der Waals surface area (Å²) in [5, 5.41) is 0. The van der Waals surface area contributed by atoms with Crippen molar-refractivity contribution in [2.24, 2.45) is 5.73 Å². The molecule has 0 rings (SSSR count). The average molecular weight is 856 g/mol. The van der Waals surface area contributed by atoms with Crippen molar-refractivity contribution in [3.63, 3.8) is 0 Å². The Balaban J connectivity index is 4.09. The molecule has 342 valence electrons. The van der Waals surface area contributed by atoms with E-state index < -0.39 is 13.9 Å². The first-order valence-corrected chi connectivity index (χ1v) is 24.9. The third kappa shape index (κ3) is 46.2. The number of ether oxygens (including phenoxy) is 2. The van der Waals surface area contributed by atoms with Gasteiger partial charge in [-0.2, -0.15) is 0 Å². The van der Waals surface area contributed by atoms with Crippen LogP contribution in [0, 0.1) is 0 Å². The summed E-state index contributed by atoms with van der Waals surface area (Å²) in [5.41, 5.74) is 5.38. The first kappa shape index (κ1) is 57.2. The standard InChI is InChI=1S/C51H86NO7P/c1-3-5-7-9-11-13-15-17-19-21-23-24-25-26-27-28-30-32-34-36-38-40-42-44-51(53)59-50(49-58-60(54,55)57-47-45-52)48-56-46-43-41-39-37-35-33-31-29-22-20-18-16-14-12-10-8-6-4-2/h5-8,11-14,17-20,23-24,26-27,29,31,50H,3-4,9-10,15-16,21-22,25,28,30,32-49,52H2,1-2H3,(H,54,55)/b7-5-,8-6-,13-11-,14-12-,19-17-,20-18-,24-23-,27-26-,31-29-. The number of carbonyl (C=O) groups is 1. The molecule has 0 fully saturated rings. The normalized spacial score (nSPS) is 14.4. The molecule has 0 saturated carbocycles. The van der Waals surface area contributed by atoms with E-state index in [9.17, 15) is 14.3 Å². The average Bonchev–Trinajstić information content (AvgIpc) is 3.24. The van der Waals surface area contributed by atoms with Gasteiger partial charge in [-0.25, -0.2) is 4.57 Å². The zero-order valence-corrected chi connectivity index (χ0v) is 38.8. The first-order valence-electron chi connectivity index (χ1n) is 23.4. The number of allylic oxidation sites excluding steroid dienone is 18. The predicted molar refractivity (Wildman–Crippen MR) is 256 cm³/mol. The molecule has 0 aromatic carbocycles. The van der Waals surface area contributed by atoms with Gasteiger partial charge >= 0.3 is 13.8 Å². The molecule has 8 nitrogen and oxygen atoms in total. The van der Waals surface area contributed by atoms with Crippen LogP contribution < -0.4 is 5.73 Å². The molecule has 0 spiro atoms. The van der Waals surface area contributed by atoms with E-state index in [2.05, 4.69) is 123 Å². The Kier molecular flexibility index (Phi) is 45.0. The van der Waals surface area contributed by atoms with Crippen molar-refractivity contribution in [1.82, 2.24) is 0 Å². The van der Waals surface area contributed by atoms with E-state index in [4.69, 9.17) is 24.3 Å². The van der Waals surface area contributed by atoms with Crippen molar-refractivity contribution < 1.29 is 32.8 Å². The van der Waals surface area contributed by atoms with E-state index in [0.717, 1.165) is 116 Å².